The summed E-state index contributed by atoms with van der Waals surface area (Å²) in [6.45, 7) is 0.661. The van der Waals surface area contributed by atoms with Gasteiger partial charge in [0.25, 0.3) is 0 Å². The van der Waals surface area contributed by atoms with Crippen LogP contribution in [-0.4, -0.2) is 44.1 Å². The van der Waals surface area contributed by atoms with Crippen molar-refractivity contribution in [1.82, 2.24) is 19.9 Å². The van der Waals surface area contributed by atoms with Gasteiger partial charge < -0.3 is 14.4 Å². The Morgan fingerprint density at radius 1 is 1.33 bits per heavy atom. The highest BCUT2D eigenvalue weighted by Crippen LogP contribution is 2.31. The van der Waals surface area contributed by atoms with Gasteiger partial charge in [0.1, 0.15) is 17.8 Å². The number of urea groups is 1. The Morgan fingerprint density at radius 3 is 2.94 bits per heavy atom. The van der Waals surface area contributed by atoms with Crippen LogP contribution in [0.2, 0.25) is 5.02 Å². The topological polar surface area (TPSA) is 104 Å². The number of carbonyl (C=O) groups excluding carboxylic acids is 1. The highest BCUT2D eigenvalue weighted by molar-refractivity contribution is 7.22. The molecule has 0 fully saturated rings. The van der Waals surface area contributed by atoms with Crippen LogP contribution in [0.25, 0.3) is 27.2 Å². The van der Waals surface area contributed by atoms with E-state index in [9.17, 15) is 9.18 Å². The van der Waals surface area contributed by atoms with Crippen LogP contribution in [0.4, 0.5) is 14.3 Å². The lowest BCUT2D eigenvalue weighted by atomic mass is 10.0. The van der Waals surface area contributed by atoms with Gasteiger partial charge in [0, 0.05) is 19.3 Å². The van der Waals surface area contributed by atoms with Gasteiger partial charge in [-0.05, 0) is 36.3 Å². The van der Waals surface area contributed by atoms with E-state index in [-0.39, 0.29) is 18.5 Å². The molecule has 1 aliphatic rings. The zero-order chi connectivity index (χ0) is 22.9. The van der Waals surface area contributed by atoms with E-state index in [1.165, 1.54) is 29.7 Å². The fourth-order valence-corrected chi connectivity index (χ4v) is 4.66. The molecule has 33 heavy (non-hydrogen) atoms. The number of oxazole rings is 1. The summed E-state index contributed by atoms with van der Waals surface area (Å²) in [4.78, 5) is 27.3. The van der Waals surface area contributed by atoms with E-state index < -0.39 is 0 Å². The fraction of sp³-hybridized carbons (Fsp3) is 0.182. The summed E-state index contributed by atoms with van der Waals surface area (Å²) in [5, 5.41) is 12.8. The molecule has 1 aromatic carbocycles. The Morgan fingerprint density at radius 2 is 2.21 bits per heavy atom. The number of anilines is 1. The van der Waals surface area contributed by atoms with Gasteiger partial charge in [-0.25, -0.2) is 19.2 Å². The Kier molecular flexibility index (Phi) is 5.79. The number of rotatable bonds is 4. The summed E-state index contributed by atoms with van der Waals surface area (Å²) in [6.07, 6.45) is 5.50. The molecule has 1 aliphatic heterocycles. The van der Waals surface area contributed by atoms with E-state index >= 15 is 0 Å². The van der Waals surface area contributed by atoms with Crippen molar-refractivity contribution in [2.45, 2.75) is 13.0 Å². The van der Waals surface area contributed by atoms with E-state index in [2.05, 4.69) is 20.3 Å². The molecular weight excluding hydrogens is 469 g/mol. The van der Waals surface area contributed by atoms with Crippen molar-refractivity contribution in [3.8, 4) is 11.5 Å². The molecule has 0 saturated carbocycles. The molecule has 8 nitrogen and oxygen atoms in total. The molecule has 4 heterocycles. The monoisotopic (exact) mass is 485 g/mol. The molecule has 0 saturated heterocycles. The predicted octanol–water partition coefficient (Wildman–Crippen LogP) is 4.95. The molecule has 168 valence electrons. The molecular formula is C22H17ClFN5O3S. The van der Waals surface area contributed by atoms with Crippen LogP contribution < -0.4 is 5.32 Å². The minimum atomic E-state index is -0.339. The quantitative estimate of drug-likeness (QED) is 0.423. The van der Waals surface area contributed by atoms with Crippen molar-refractivity contribution in [2.75, 3.05) is 18.4 Å². The summed E-state index contributed by atoms with van der Waals surface area (Å²) >= 11 is 7.69. The molecule has 0 bridgehead atoms. The van der Waals surface area contributed by atoms with Crippen molar-refractivity contribution in [2.24, 2.45) is 0 Å². The molecule has 4 aromatic rings. The number of aliphatic hydroxyl groups excluding tert-OH is 1. The second-order valence-electron chi connectivity index (χ2n) is 7.34. The van der Waals surface area contributed by atoms with Crippen LogP contribution >= 0.6 is 22.9 Å². The lowest BCUT2D eigenvalue weighted by Gasteiger charge is -2.26. The van der Waals surface area contributed by atoms with Crippen molar-refractivity contribution < 1.29 is 18.7 Å². The number of pyridine rings is 1. The number of thiazole rings is 1. The van der Waals surface area contributed by atoms with Gasteiger partial charge in [0.15, 0.2) is 5.13 Å². The van der Waals surface area contributed by atoms with Crippen LogP contribution in [0.5, 0.6) is 0 Å². The second kappa shape index (κ2) is 8.89. The van der Waals surface area contributed by atoms with Gasteiger partial charge in [0.2, 0.25) is 5.89 Å². The maximum absolute atomic E-state index is 13.4. The molecule has 2 N–H and O–H groups in total. The number of nitrogens with zero attached hydrogens (tertiary/aromatic N) is 4. The van der Waals surface area contributed by atoms with Gasteiger partial charge in [-0.1, -0.05) is 29.0 Å². The van der Waals surface area contributed by atoms with Crippen LogP contribution in [0, 0.1) is 5.82 Å². The lowest BCUT2D eigenvalue weighted by Crippen LogP contribution is -2.37. The lowest BCUT2D eigenvalue weighted by molar-refractivity contribution is 0.217. The van der Waals surface area contributed by atoms with Gasteiger partial charge in [0.05, 0.1) is 33.1 Å². The Labute approximate surface area is 196 Å². The van der Waals surface area contributed by atoms with Crippen molar-refractivity contribution in [3.63, 3.8) is 0 Å². The summed E-state index contributed by atoms with van der Waals surface area (Å²) in [6, 6.07) is 5.76. The van der Waals surface area contributed by atoms with Gasteiger partial charge in [-0.3, -0.25) is 10.3 Å². The van der Waals surface area contributed by atoms with E-state index in [1.54, 1.807) is 23.2 Å². The van der Waals surface area contributed by atoms with Crippen LogP contribution in [0.1, 0.15) is 17.8 Å². The normalized spacial score (nSPS) is 13.9. The number of halogens is 2. The minimum absolute atomic E-state index is 0.211. The number of nitrogens with one attached hydrogen (secondary N) is 1. The second-order valence-corrected chi connectivity index (χ2v) is 8.78. The zero-order valence-corrected chi connectivity index (χ0v) is 18.7. The maximum Gasteiger partial charge on any atom is 0.323 e. The largest absolute Gasteiger partial charge is 0.444 e. The zero-order valence-electron chi connectivity index (χ0n) is 17.1. The average Bonchev–Trinajstić information content (AvgIpc) is 3.45. The maximum atomic E-state index is 13.4. The SMILES string of the molecule is O=C(Nc1nc2ccc(F)cc2s1)N1CC=C(c2ncc(-c3nc(CO)co3)cc2Cl)CC1. The number of amides is 2. The van der Waals surface area contributed by atoms with Gasteiger partial charge >= 0.3 is 6.03 Å². The van der Waals surface area contributed by atoms with E-state index in [0.717, 1.165) is 5.57 Å². The molecule has 0 atom stereocenters. The number of carbonyl (C=O) groups is 1. The van der Waals surface area contributed by atoms with Gasteiger partial charge in [-0.2, -0.15) is 0 Å². The number of benzene rings is 1. The Balaban J connectivity index is 1.26. The number of fused-ring (bicyclic) bond motifs is 1. The third-order valence-corrected chi connectivity index (χ3v) is 6.39. The summed E-state index contributed by atoms with van der Waals surface area (Å²) in [5.41, 5.74) is 3.25. The third-order valence-electron chi connectivity index (χ3n) is 5.17. The molecule has 0 unspecified atom stereocenters. The molecule has 0 aliphatic carbocycles. The van der Waals surface area contributed by atoms with Crippen LogP contribution in [-0.2, 0) is 6.61 Å². The molecule has 2 amide bonds. The number of aliphatic hydroxyl groups is 1. The Bertz CT molecular complexity index is 1390. The van der Waals surface area contributed by atoms with Crippen molar-refractivity contribution in [1.29, 1.82) is 0 Å². The summed E-state index contributed by atoms with van der Waals surface area (Å²) in [7, 11) is 0. The van der Waals surface area contributed by atoms with Crippen LogP contribution in [0.3, 0.4) is 0 Å². The Hall–Kier alpha value is -3.34. The summed E-state index contributed by atoms with van der Waals surface area (Å²) < 4.78 is 19.4. The smallest absolute Gasteiger partial charge is 0.323 e. The highest BCUT2D eigenvalue weighted by atomic mass is 35.5. The minimum Gasteiger partial charge on any atom is -0.444 e. The van der Waals surface area contributed by atoms with E-state index in [1.807, 2.05) is 6.08 Å². The van der Waals surface area contributed by atoms with E-state index in [0.29, 0.717) is 62.7 Å². The average molecular weight is 486 g/mol. The first-order valence-corrected chi connectivity index (χ1v) is 11.2. The molecule has 3 aromatic heterocycles. The molecule has 5 rings (SSSR count). The van der Waals surface area contributed by atoms with E-state index in [4.69, 9.17) is 21.1 Å². The summed E-state index contributed by atoms with van der Waals surface area (Å²) in [5.74, 6) is -0.00795. The fourth-order valence-electron chi connectivity index (χ4n) is 3.49. The first kappa shape index (κ1) is 21.5. The van der Waals surface area contributed by atoms with Crippen molar-refractivity contribution in [3.05, 3.63) is 65.0 Å². The number of hydrogen-bond donors (Lipinski definition) is 2. The first-order valence-electron chi connectivity index (χ1n) is 10.0. The molecule has 0 spiro atoms. The standard InChI is InChI=1S/C22H17ClFN5O3S/c23-16-7-13(20-26-15(10-30)11-32-20)9-25-19(16)12-3-5-29(6-4-12)22(31)28-21-27-17-2-1-14(24)8-18(17)33-21/h1-3,7-9,11,30H,4-6,10H2,(H,27,28,31). The molecule has 0 radical (unpaired) electrons. The van der Waals surface area contributed by atoms with Crippen molar-refractivity contribution >= 4 is 49.9 Å². The van der Waals surface area contributed by atoms with Crippen LogP contribution in [0.15, 0.2) is 47.2 Å². The number of aromatic nitrogens is 3. The molecule has 11 heteroatoms. The van der Waals surface area contributed by atoms with Gasteiger partial charge in [-0.15, -0.1) is 0 Å². The predicted molar refractivity (Wildman–Crippen MR) is 123 cm³/mol. The third kappa shape index (κ3) is 4.45. The highest BCUT2D eigenvalue weighted by Gasteiger charge is 2.21. The first-order chi connectivity index (χ1) is 16.0. The number of hydrogen-bond acceptors (Lipinski definition) is 7.